The molecule has 0 saturated heterocycles. The van der Waals surface area contributed by atoms with Crippen molar-refractivity contribution in [2.45, 2.75) is 5.56 Å². The number of hydrogen-bond donors (Lipinski definition) is 0. The van der Waals surface area contributed by atoms with E-state index in [0.717, 1.165) is 0 Å². The third-order valence-corrected chi connectivity index (χ3v) is 0.945. The first-order valence-corrected chi connectivity index (χ1v) is 2.50. The van der Waals surface area contributed by atoms with Crippen LogP contribution in [0, 0.1) is 10.1 Å². The minimum Gasteiger partial charge on any atom is -0.285 e. The Morgan fingerprint density at radius 3 is 2.33 bits per heavy atom. The van der Waals surface area contributed by atoms with Crippen molar-refractivity contribution in [3.05, 3.63) is 10.1 Å². The van der Waals surface area contributed by atoms with Crippen LogP contribution < -0.4 is 0 Å². The molecule has 0 rings (SSSR count). The quantitative estimate of drug-likeness (QED) is 0.270. The summed E-state index contributed by atoms with van der Waals surface area (Å²) < 4.78 is 0. The Hall–Kier alpha value is -0.550. The fourth-order valence-electron chi connectivity index (χ4n) is 0.117. The summed E-state index contributed by atoms with van der Waals surface area (Å²) in [4.78, 5) is 22.8. The van der Waals surface area contributed by atoms with Gasteiger partial charge in [0.25, 0.3) is 15.9 Å². The molecule has 1 unspecified atom stereocenters. The Balaban J connectivity index is 3.63. The molecule has 9 heavy (non-hydrogen) atoms. The summed E-state index contributed by atoms with van der Waals surface area (Å²) in [5.41, 5.74) is -1.71. The molecule has 0 aromatic heterocycles. The molecule has 0 aromatic rings. The molecule has 0 bridgehead atoms. The molecule has 5 nitrogen and oxygen atoms in total. The van der Waals surface area contributed by atoms with E-state index in [-0.39, 0.29) is 0 Å². The highest BCUT2D eigenvalue weighted by atomic mass is 35.5. The molecule has 0 radical (unpaired) electrons. The van der Waals surface area contributed by atoms with Gasteiger partial charge < -0.3 is 0 Å². The van der Waals surface area contributed by atoms with Gasteiger partial charge in [0.15, 0.2) is 0 Å². The van der Waals surface area contributed by atoms with Gasteiger partial charge in [-0.25, -0.2) is 0 Å². The highest BCUT2D eigenvalue weighted by Crippen LogP contribution is 2.01. The summed E-state index contributed by atoms with van der Waals surface area (Å²) in [7, 11) is 0. The average molecular weight is 174 g/mol. The topological polar surface area (TPSA) is 69.4 Å². The van der Waals surface area contributed by atoms with Crippen LogP contribution in [0.3, 0.4) is 0 Å². The Labute approximate surface area is 59.6 Å². The van der Waals surface area contributed by atoms with Gasteiger partial charge in [-0.1, -0.05) is 11.6 Å². The molecule has 1 atom stereocenters. The van der Waals surface area contributed by atoms with Gasteiger partial charge in [0.2, 0.25) is 0 Å². The third-order valence-electron chi connectivity index (χ3n) is 0.357. The van der Waals surface area contributed by atoms with Gasteiger partial charge in [-0.3, -0.25) is 9.63 Å². The van der Waals surface area contributed by atoms with E-state index >= 15 is 0 Å². The normalized spacial score (nSPS) is 12.2. The van der Waals surface area contributed by atoms with E-state index in [1.165, 1.54) is 0 Å². The Morgan fingerprint density at radius 2 is 2.22 bits per heavy atom. The zero-order valence-corrected chi connectivity index (χ0v) is 5.43. The van der Waals surface area contributed by atoms with Crippen molar-refractivity contribution >= 4 is 28.4 Å². The first-order chi connectivity index (χ1) is 4.04. The summed E-state index contributed by atoms with van der Waals surface area (Å²) in [5.74, 6) is 0. The van der Waals surface area contributed by atoms with Crippen LogP contribution in [0.25, 0.3) is 0 Å². The molecule has 0 aliphatic heterocycles. The van der Waals surface area contributed by atoms with Crippen LogP contribution in [0.4, 0.5) is 0 Å². The molecule has 0 saturated carbocycles. The highest BCUT2D eigenvalue weighted by molar-refractivity contribution is 6.68. The van der Waals surface area contributed by atoms with Crippen molar-refractivity contribution in [3.8, 4) is 0 Å². The van der Waals surface area contributed by atoms with Crippen LogP contribution in [0.15, 0.2) is 0 Å². The van der Waals surface area contributed by atoms with Gasteiger partial charge in [-0.2, -0.15) is 0 Å². The molecule has 0 aromatic carbocycles. The van der Waals surface area contributed by atoms with Crippen LogP contribution in [-0.4, -0.2) is 15.9 Å². The van der Waals surface area contributed by atoms with Crippen molar-refractivity contribution in [2.75, 3.05) is 0 Å². The van der Waals surface area contributed by atoms with Gasteiger partial charge in [0.1, 0.15) is 0 Å². The van der Waals surface area contributed by atoms with Crippen LogP contribution in [0.2, 0.25) is 0 Å². The van der Waals surface area contributed by atoms with Gasteiger partial charge in [0.05, 0.1) is 0 Å². The summed E-state index contributed by atoms with van der Waals surface area (Å²) in [6.07, 6.45) is 0. The molecular formula is C2HCl2NO4. The third kappa shape index (κ3) is 3.99. The molecule has 52 valence electrons. The summed E-state index contributed by atoms with van der Waals surface area (Å²) in [5, 5.41) is 7.09. The van der Waals surface area contributed by atoms with Crippen molar-refractivity contribution < 1.29 is 14.7 Å². The fraction of sp³-hybridized carbons (Fsp3) is 0.500. The maximum absolute atomic E-state index is 9.88. The molecule has 0 heterocycles. The molecule has 0 N–H and O–H groups in total. The second-order valence-electron chi connectivity index (χ2n) is 0.949. The highest BCUT2D eigenvalue weighted by Gasteiger charge is 2.15. The number of nitrogens with zero attached hydrogens (tertiary/aromatic N) is 1. The number of carbonyl (C=O) groups excluding carboxylic acids is 1. The van der Waals surface area contributed by atoms with Crippen molar-refractivity contribution in [1.82, 2.24) is 0 Å². The van der Waals surface area contributed by atoms with E-state index in [4.69, 9.17) is 11.6 Å². The molecule has 0 aliphatic carbocycles. The standard InChI is InChI=1S/C2HCl2NO4/c3-1(6)2(4)9-5(7)8/h2H. The summed E-state index contributed by atoms with van der Waals surface area (Å²) in [6.45, 7) is 0. The number of hydrogen-bond acceptors (Lipinski definition) is 4. The molecular weight excluding hydrogens is 173 g/mol. The molecule has 0 aliphatic rings. The van der Waals surface area contributed by atoms with E-state index in [1.807, 2.05) is 0 Å². The molecule has 0 spiro atoms. The molecule has 7 heteroatoms. The van der Waals surface area contributed by atoms with Crippen LogP contribution in [-0.2, 0) is 9.63 Å². The smallest absolute Gasteiger partial charge is 0.285 e. The van der Waals surface area contributed by atoms with Gasteiger partial charge in [-0.15, -0.1) is 10.1 Å². The Bertz CT molecular complexity index is 137. The van der Waals surface area contributed by atoms with Gasteiger partial charge >= 0.3 is 0 Å². The number of carbonyl (C=O) groups is 1. The summed E-state index contributed by atoms with van der Waals surface area (Å²) in [6, 6.07) is 0. The van der Waals surface area contributed by atoms with E-state index < -0.39 is 15.9 Å². The Kier molecular flexibility index (Phi) is 3.26. The van der Waals surface area contributed by atoms with E-state index in [0.29, 0.717) is 0 Å². The maximum atomic E-state index is 9.88. The minimum atomic E-state index is -1.71. The van der Waals surface area contributed by atoms with Crippen molar-refractivity contribution in [1.29, 1.82) is 0 Å². The second-order valence-corrected chi connectivity index (χ2v) is 1.72. The maximum Gasteiger partial charge on any atom is 0.296 e. The lowest BCUT2D eigenvalue weighted by Crippen LogP contribution is -2.16. The van der Waals surface area contributed by atoms with E-state index in [9.17, 15) is 14.9 Å². The monoisotopic (exact) mass is 173 g/mol. The fourth-order valence-corrected chi connectivity index (χ4v) is 0.222. The lowest BCUT2D eigenvalue weighted by atomic mass is 10.8. The molecule has 0 fully saturated rings. The number of alkyl halides is 1. The number of halogens is 2. The van der Waals surface area contributed by atoms with Crippen LogP contribution >= 0.6 is 23.2 Å². The average Bonchev–Trinajstić information content (AvgIpc) is 1.63. The number of rotatable bonds is 3. The zero-order chi connectivity index (χ0) is 7.44. The van der Waals surface area contributed by atoms with E-state index in [1.54, 1.807) is 0 Å². The Morgan fingerprint density at radius 1 is 1.78 bits per heavy atom. The zero-order valence-electron chi connectivity index (χ0n) is 3.91. The van der Waals surface area contributed by atoms with Crippen LogP contribution in [0.5, 0.6) is 0 Å². The minimum absolute atomic E-state index is 1.12. The van der Waals surface area contributed by atoms with Gasteiger partial charge in [0, 0.05) is 0 Å². The van der Waals surface area contributed by atoms with E-state index in [2.05, 4.69) is 16.4 Å². The SMILES string of the molecule is O=C(Cl)C(Cl)O[N+](=O)[O-]. The predicted octanol–water partition coefficient (Wildman–Crippen LogP) is 0.525. The first-order valence-electron chi connectivity index (χ1n) is 1.68. The predicted molar refractivity (Wildman–Crippen MR) is 28.6 cm³/mol. The second kappa shape index (κ2) is 3.47. The molecule has 0 amide bonds. The van der Waals surface area contributed by atoms with Crippen molar-refractivity contribution in [2.24, 2.45) is 0 Å². The lowest BCUT2D eigenvalue weighted by molar-refractivity contribution is -0.758. The van der Waals surface area contributed by atoms with Crippen molar-refractivity contribution in [3.63, 3.8) is 0 Å². The summed E-state index contributed by atoms with van der Waals surface area (Å²) >= 11 is 9.54. The first kappa shape index (κ1) is 8.45. The van der Waals surface area contributed by atoms with Crippen LogP contribution in [0.1, 0.15) is 0 Å². The lowest BCUT2D eigenvalue weighted by Gasteiger charge is -1.97. The van der Waals surface area contributed by atoms with Gasteiger partial charge in [-0.05, 0) is 11.6 Å². The largest absolute Gasteiger partial charge is 0.296 e.